The summed E-state index contributed by atoms with van der Waals surface area (Å²) in [6.07, 6.45) is 0. The number of nitrogens with zero attached hydrogens (tertiary/aromatic N) is 1. The molecule has 0 aliphatic heterocycles. The molecule has 0 aliphatic rings. The molecule has 14 heavy (non-hydrogen) atoms. The van der Waals surface area contributed by atoms with E-state index in [1.165, 1.54) is 0 Å². The Morgan fingerprint density at radius 3 is 2.71 bits per heavy atom. The summed E-state index contributed by atoms with van der Waals surface area (Å²) >= 11 is 9.28. The normalized spacial score (nSPS) is 12.2. The van der Waals surface area contributed by atoms with Crippen LogP contribution in [0, 0.1) is 5.92 Å². The van der Waals surface area contributed by atoms with Gasteiger partial charge in [-0.1, -0.05) is 31.5 Å². The monoisotopic (exact) mass is 274 g/mol. The number of hydrogen-bond acceptors (Lipinski definition) is 1. The van der Waals surface area contributed by atoms with Crippen molar-refractivity contribution >= 4 is 39.1 Å². The van der Waals surface area contributed by atoms with Crippen molar-refractivity contribution < 1.29 is 0 Å². The SMILES string of the molecule is CC(C)C(N)=Nc1cccc(Cl)c1Br. The number of hydrogen-bond donors (Lipinski definition) is 1. The largest absolute Gasteiger partial charge is 0.387 e. The molecule has 0 unspecified atom stereocenters. The minimum absolute atomic E-state index is 0.237. The van der Waals surface area contributed by atoms with Crippen molar-refractivity contribution in [1.29, 1.82) is 0 Å². The predicted octanol–water partition coefficient (Wildman–Crippen LogP) is 3.75. The summed E-state index contributed by atoms with van der Waals surface area (Å²) in [5.74, 6) is 0.842. The Bertz CT molecular complexity index is 361. The van der Waals surface area contributed by atoms with Gasteiger partial charge >= 0.3 is 0 Å². The van der Waals surface area contributed by atoms with Crippen LogP contribution in [0.4, 0.5) is 5.69 Å². The standard InChI is InChI=1S/C10H12BrClN2/c1-6(2)10(13)14-8-5-3-4-7(12)9(8)11/h3-6H,1-2H3,(H2,13,14). The molecule has 0 spiro atoms. The van der Waals surface area contributed by atoms with Crippen LogP contribution in [0.2, 0.25) is 5.02 Å². The van der Waals surface area contributed by atoms with Gasteiger partial charge in [0.25, 0.3) is 0 Å². The van der Waals surface area contributed by atoms with E-state index in [-0.39, 0.29) is 5.92 Å². The first-order valence-electron chi connectivity index (χ1n) is 4.30. The van der Waals surface area contributed by atoms with Gasteiger partial charge < -0.3 is 5.73 Å². The van der Waals surface area contributed by atoms with Crippen LogP contribution < -0.4 is 5.73 Å². The molecular weight excluding hydrogens is 263 g/mol. The Labute approximate surface area is 97.3 Å². The Morgan fingerprint density at radius 2 is 2.14 bits per heavy atom. The molecule has 0 saturated heterocycles. The second-order valence-electron chi connectivity index (χ2n) is 3.26. The zero-order valence-electron chi connectivity index (χ0n) is 8.09. The number of aliphatic imine (C=N–C) groups is 1. The molecule has 0 amide bonds. The Hall–Kier alpha value is -0.540. The molecule has 0 aliphatic carbocycles. The maximum atomic E-state index is 5.92. The molecular formula is C10H12BrClN2. The average Bonchev–Trinajstić information content (AvgIpc) is 2.12. The molecule has 0 atom stereocenters. The number of rotatable bonds is 2. The van der Waals surface area contributed by atoms with Gasteiger partial charge in [-0.15, -0.1) is 0 Å². The Balaban J connectivity index is 3.09. The van der Waals surface area contributed by atoms with E-state index in [0.29, 0.717) is 10.9 Å². The Kier molecular flexibility index (Phi) is 3.96. The lowest BCUT2D eigenvalue weighted by Crippen LogP contribution is -2.18. The van der Waals surface area contributed by atoms with Crippen molar-refractivity contribution in [3.05, 3.63) is 27.7 Å². The third-order valence-corrected chi connectivity index (χ3v) is 3.15. The fourth-order valence-electron chi connectivity index (χ4n) is 0.847. The van der Waals surface area contributed by atoms with Crippen LogP contribution in [-0.2, 0) is 0 Å². The average molecular weight is 276 g/mol. The van der Waals surface area contributed by atoms with E-state index < -0.39 is 0 Å². The van der Waals surface area contributed by atoms with Crippen LogP contribution in [0.3, 0.4) is 0 Å². The van der Waals surface area contributed by atoms with Crippen molar-refractivity contribution in [3.8, 4) is 0 Å². The minimum Gasteiger partial charge on any atom is -0.387 e. The molecule has 0 heterocycles. The van der Waals surface area contributed by atoms with Gasteiger partial charge in [0, 0.05) is 5.92 Å². The summed E-state index contributed by atoms with van der Waals surface area (Å²) in [5, 5.41) is 0.641. The maximum Gasteiger partial charge on any atom is 0.102 e. The van der Waals surface area contributed by atoms with Crippen LogP contribution in [0.1, 0.15) is 13.8 Å². The van der Waals surface area contributed by atoms with Crippen LogP contribution in [0.25, 0.3) is 0 Å². The van der Waals surface area contributed by atoms with Crippen molar-refractivity contribution in [2.24, 2.45) is 16.6 Å². The highest BCUT2D eigenvalue weighted by molar-refractivity contribution is 9.10. The van der Waals surface area contributed by atoms with E-state index in [1.807, 2.05) is 26.0 Å². The van der Waals surface area contributed by atoms with Crippen molar-refractivity contribution in [2.45, 2.75) is 13.8 Å². The molecule has 0 aromatic heterocycles. The minimum atomic E-state index is 0.237. The van der Waals surface area contributed by atoms with Crippen LogP contribution in [-0.4, -0.2) is 5.84 Å². The van der Waals surface area contributed by atoms with Gasteiger partial charge in [-0.3, -0.25) is 0 Å². The van der Waals surface area contributed by atoms with Crippen LogP contribution in [0.5, 0.6) is 0 Å². The summed E-state index contributed by atoms with van der Waals surface area (Å²) in [7, 11) is 0. The summed E-state index contributed by atoms with van der Waals surface area (Å²) in [4.78, 5) is 4.28. The molecule has 2 N–H and O–H groups in total. The second-order valence-corrected chi connectivity index (χ2v) is 4.46. The third kappa shape index (κ3) is 2.72. The van der Waals surface area contributed by atoms with Gasteiger partial charge in [-0.25, -0.2) is 4.99 Å². The first-order chi connectivity index (χ1) is 6.52. The van der Waals surface area contributed by atoms with E-state index in [0.717, 1.165) is 10.2 Å². The lowest BCUT2D eigenvalue weighted by atomic mass is 10.2. The van der Waals surface area contributed by atoms with Crippen molar-refractivity contribution in [2.75, 3.05) is 0 Å². The van der Waals surface area contributed by atoms with E-state index in [4.69, 9.17) is 17.3 Å². The van der Waals surface area contributed by atoms with Gasteiger partial charge in [-0.05, 0) is 28.1 Å². The van der Waals surface area contributed by atoms with Crippen molar-refractivity contribution in [1.82, 2.24) is 0 Å². The molecule has 1 aromatic rings. The summed E-state index contributed by atoms with van der Waals surface area (Å²) in [5.41, 5.74) is 6.52. The highest BCUT2D eigenvalue weighted by Crippen LogP contribution is 2.32. The first-order valence-corrected chi connectivity index (χ1v) is 5.47. The second kappa shape index (κ2) is 4.80. The Morgan fingerprint density at radius 1 is 1.50 bits per heavy atom. The molecule has 0 bridgehead atoms. The van der Waals surface area contributed by atoms with Gasteiger partial charge in [0.15, 0.2) is 0 Å². The number of halogens is 2. The number of benzene rings is 1. The third-order valence-electron chi connectivity index (χ3n) is 1.77. The predicted molar refractivity (Wildman–Crippen MR) is 65.3 cm³/mol. The molecule has 1 rings (SSSR count). The number of amidine groups is 1. The van der Waals surface area contributed by atoms with Crippen molar-refractivity contribution in [3.63, 3.8) is 0 Å². The first kappa shape index (κ1) is 11.5. The van der Waals surface area contributed by atoms with Gasteiger partial charge in [0.05, 0.1) is 15.2 Å². The van der Waals surface area contributed by atoms with Gasteiger partial charge in [0.2, 0.25) is 0 Å². The molecule has 0 fully saturated rings. The molecule has 1 aromatic carbocycles. The van der Waals surface area contributed by atoms with E-state index in [2.05, 4.69) is 20.9 Å². The molecule has 76 valence electrons. The van der Waals surface area contributed by atoms with E-state index in [1.54, 1.807) is 6.07 Å². The lowest BCUT2D eigenvalue weighted by molar-refractivity contribution is 0.873. The van der Waals surface area contributed by atoms with Gasteiger partial charge in [0.1, 0.15) is 5.84 Å². The summed E-state index contributed by atoms with van der Waals surface area (Å²) in [6, 6.07) is 5.51. The van der Waals surface area contributed by atoms with Crippen LogP contribution in [0.15, 0.2) is 27.7 Å². The molecule has 4 heteroatoms. The molecule has 2 nitrogen and oxygen atoms in total. The quantitative estimate of drug-likeness (QED) is 0.648. The number of nitrogens with two attached hydrogens (primary N) is 1. The van der Waals surface area contributed by atoms with E-state index in [9.17, 15) is 0 Å². The van der Waals surface area contributed by atoms with Gasteiger partial charge in [-0.2, -0.15) is 0 Å². The summed E-state index contributed by atoms with van der Waals surface area (Å²) in [6.45, 7) is 3.99. The van der Waals surface area contributed by atoms with E-state index >= 15 is 0 Å². The topological polar surface area (TPSA) is 38.4 Å². The molecule has 0 radical (unpaired) electrons. The molecule has 0 saturated carbocycles. The lowest BCUT2D eigenvalue weighted by Gasteiger charge is -2.05. The van der Waals surface area contributed by atoms with Crippen LogP contribution >= 0.6 is 27.5 Å². The highest BCUT2D eigenvalue weighted by Gasteiger charge is 2.04. The maximum absolute atomic E-state index is 5.92. The fourth-order valence-corrected chi connectivity index (χ4v) is 1.37. The fraction of sp³-hybridized carbons (Fsp3) is 0.300. The zero-order valence-corrected chi connectivity index (χ0v) is 10.4. The highest BCUT2D eigenvalue weighted by atomic mass is 79.9. The summed E-state index contributed by atoms with van der Waals surface area (Å²) < 4.78 is 0.783. The zero-order chi connectivity index (χ0) is 10.7. The smallest absolute Gasteiger partial charge is 0.102 e.